The van der Waals surface area contributed by atoms with Crippen molar-refractivity contribution in [3.63, 3.8) is 0 Å². The minimum absolute atomic E-state index is 0.00706. The van der Waals surface area contributed by atoms with Gasteiger partial charge < -0.3 is 20.1 Å². The van der Waals surface area contributed by atoms with E-state index in [9.17, 15) is 14.4 Å². The van der Waals surface area contributed by atoms with E-state index in [0.717, 1.165) is 5.56 Å². The van der Waals surface area contributed by atoms with Crippen molar-refractivity contribution in [2.75, 3.05) is 14.2 Å². The maximum absolute atomic E-state index is 12.3. The summed E-state index contributed by atoms with van der Waals surface area (Å²) < 4.78 is 9.98. The third kappa shape index (κ3) is 6.88. The number of hydrogen-bond acceptors (Lipinski definition) is 6. The number of benzene rings is 1. The number of hydrogen-bond donors (Lipinski definition) is 2. The molecule has 1 heterocycles. The predicted molar refractivity (Wildman–Crippen MR) is 111 cm³/mol. The topological polar surface area (TPSA) is 107 Å². The molecule has 0 bridgehead atoms. The molecule has 0 aliphatic rings. The first kappa shape index (κ1) is 22.9. The lowest BCUT2D eigenvalue weighted by Crippen LogP contribution is -2.43. The van der Waals surface area contributed by atoms with Gasteiger partial charge in [-0.3, -0.25) is 9.59 Å². The van der Waals surface area contributed by atoms with Crippen LogP contribution in [0.5, 0.6) is 5.88 Å². The molecule has 2 atom stereocenters. The lowest BCUT2D eigenvalue weighted by Gasteiger charge is -2.18. The number of nitrogens with one attached hydrogen (secondary N) is 2. The predicted octanol–water partition coefficient (Wildman–Crippen LogP) is 1.95. The van der Waals surface area contributed by atoms with Crippen LogP contribution in [0.4, 0.5) is 0 Å². The highest BCUT2D eigenvalue weighted by Gasteiger charge is 2.24. The molecule has 8 heteroatoms. The Balaban J connectivity index is 1.89. The minimum Gasteiger partial charge on any atom is -0.481 e. The molecule has 2 N–H and O–H groups in total. The largest absolute Gasteiger partial charge is 0.481 e. The first-order chi connectivity index (χ1) is 14.4. The van der Waals surface area contributed by atoms with Crippen molar-refractivity contribution < 1.29 is 23.9 Å². The van der Waals surface area contributed by atoms with E-state index in [1.807, 2.05) is 37.3 Å². The first-order valence-electron chi connectivity index (χ1n) is 9.64. The van der Waals surface area contributed by atoms with Crippen LogP contribution in [0.2, 0.25) is 0 Å². The number of esters is 1. The second-order valence-corrected chi connectivity index (χ2v) is 6.72. The Bertz CT molecular complexity index is 857. The Kier molecular flexibility index (Phi) is 8.80. The molecule has 0 radical (unpaired) electrons. The Morgan fingerprint density at radius 2 is 1.63 bits per heavy atom. The van der Waals surface area contributed by atoms with Gasteiger partial charge in [-0.05, 0) is 18.6 Å². The number of methoxy groups -OCH3 is 2. The summed E-state index contributed by atoms with van der Waals surface area (Å²) in [5.74, 6) is -0.882. The highest BCUT2D eigenvalue weighted by Crippen LogP contribution is 2.16. The summed E-state index contributed by atoms with van der Waals surface area (Å²) in [7, 11) is 2.73. The average Bonchev–Trinajstić information content (AvgIpc) is 2.77. The van der Waals surface area contributed by atoms with Gasteiger partial charge in [-0.25, -0.2) is 9.78 Å². The van der Waals surface area contributed by atoms with E-state index in [1.165, 1.54) is 14.2 Å². The molecule has 8 nitrogen and oxygen atoms in total. The molecule has 0 unspecified atom stereocenters. The Labute approximate surface area is 176 Å². The third-order valence-corrected chi connectivity index (χ3v) is 4.54. The molecular formula is C22H27N3O5. The molecular weight excluding hydrogens is 386 g/mol. The number of carbonyl (C=O) groups is 3. The molecule has 0 saturated carbocycles. The van der Waals surface area contributed by atoms with E-state index in [-0.39, 0.29) is 31.2 Å². The van der Waals surface area contributed by atoms with Crippen molar-refractivity contribution >= 4 is 17.8 Å². The smallest absolute Gasteiger partial charge is 0.328 e. The maximum atomic E-state index is 12.3. The van der Waals surface area contributed by atoms with E-state index in [1.54, 1.807) is 18.3 Å². The lowest BCUT2D eigenvalue weighted by atomic mass is 10.1. The van der Waals surface area contributed by atoms with Crippen LogP contribution in [-0.2, 0) is 25.5 Å². The van der Waals surface area contributed by atoms with Crippen LogP contribution in [0.15, 0.2) is 48.7 Å². The minimum atomic E-state index is -0.910. The summed E-state index contributed by atoms with van der Waals surface area (Å²) in [5.41, 5.74) is 1.64. The quantitative estimate of drug-likeness (QED) is 0.577. The molecule has 0 spiro atoms. The second-order valence-electron chi connectivity index (χ2n) is 6.72. The van der Waals surface area contributed by atoms with Crippen LogP contribution in [0, 0.1) is 0 Å². The van der Waals surface area contributed by atoms with E-state index in [4.69, 9.17) is 9.47 Å². The number of ether oxygens (including phenoxy) is 2. The van der Waals surface area contributed by atoms with Crippen molar-refractivity contribution in [2.24, 2.45) is 0 Å². The Morgan fingerprint density at radius 1 is 0.967 bits per heavy atom. The molecule has 1 aromatic heterocycles. The normalized spacial score (nSPS) is 12.4. The van der Waals surface area contributed by atoms with Gasteiger partial charge in [0.15, 0.2) is 0 Å². The van der Waals surface area contributed by atoms with Crippen molar-refractivity contribution in [3.05, 3.63) is 59.8 Å². The van der Waals surface area contributed by atoms with Crippen LogP contribution in [0.3, 0.4) is 0 Å². The fraction of sp³-hybridized carbons (Fsp3) is 0.364. The third-order valence-electron chi connectivity index (χ3n) is 4.54. The zero-order valence-electron chi connectivity index (χ0n) is 17.4. The Hall–Kier alpha value is -3.42. The van der Waals surface area contributed by atoms with E-state index < -0.39 is 17.9 Å². The van der Waals surface area contributed by atoms with Gasteiger partial charge in [0.1, 0.15) is 6.04 Å². The van der Waals surface area contributed by atoms with Gasteiger partial charge in [0.2, 0.25) is 17.7 Å². The summed E-state index contributed by atoms with van der Waals surface area (Å²) in [6.07, 6.45) is 1.69. The number of carbonyl (C=O) groups excluding carboxylic acids is 3. The van der Waals surface area contributed by atoms with Gasteiger partial charge in [-0.15, -0.1) is 0 Å². The number of amides is 2. The molecule has 2 rings (SSSR count). The van der Waals surface area contributed by atoms with Gasteiger partial charge in [0.25, 0.3) is 0 Å². The van der Waals surface area contributed by atoms with Crippen LogP contribution in [0.1, 0.15) is 36.9 Å². The fourth-order valence-electron chi connectivity index (χ4n) is 2.95. The van der Waals surface area contributed by atoms with Gasteiger partial charge in [-0.1, -0.05) is 36.4 Å². The van der Waals surface area contributed by atoms with Crippen LogP contribution in [-0.4, -0.2) is 43.0 Å². The second kappa shape index (κ2) is 11.5. The fourth-order valence-corrected chi connectivity index (χ4v) is 2.95. The summed E-state index contributed by atoms with van der Waals surface area (Å²) in [5, 5.41) is 5.49. The number of pyridine rings is 1. The monoisotopic (exact) mass is 413 g/mol. The van der Waals surface area contributed by atoms with Crippen LogP contribution >= 0.6 is 0 Å². The zero-order valence-corrected chi connectivity index (χ0v) is 17.4. The van der Waals surface area contributed by atoms with E-state index >= 15 is 0 Å². The summed E-state index contributed by atoms with van der Waals surface area (Å²) in [4.78, 5) is 40.7. The number of nitrogens with zero attached hydrogens (tertiary/aromatic N) is 1. The van der Waals surface area contributed by atoms with Crippen molar-refractivity contribution in [1.29, 1.82) is 0 Å². The first-order valence-corrected chi connectivity index (χ1v) is 9.64. The molecule has 1 aromatic carbocycles. The SMILES string of the molecule is COC(=O)[C@H](Cc1cccnc1OC)NC(=O)CCC(=O)N[C@H](C)c1ccccc1. The Morgan fingerprint density at radius 3 is 2.27 bits per heavy atom. The van der Waals surface area contributed by atoms with E-state index in [2.05, 4.69) is 15.6 Å². The molecule has 2 aromatic rings. The molecule has 2 amide bonds. The molecule has 0 fully saturated rings. The van der Waals surface area contributed by atoms with Crippen LogP contribution in [0.25, 0.3) is 0 Å². The van der Waals surface area contributed by atoms with Gasteiger partial charge in [-0.2, -0.15) is 0 Å². The van der Waals surface area contributed by atoms with E-state index in [0.29, 0.717) is 11.4 Å². The number of aromatic nitrogens is 1. The highest BCUT2D eigenvalue weighted by molar-refractivity contribution is 5.87. The summed E-state index contributed by atoms with van der Waals surface area (Å²) in [6, 6.07) is 11.9. The summed E-state index contributed by atoms with van der Waals surface area (Å²) in [6.45, 7) is 1.88. The highest BCUT2D eigenvalue weighted by atomic mass is 16.5. The summed E-state index contributed by atoms with van der Waals surface area (Å²) >= 11 is 0. The molecule has 30 heavy (non-hydrogen) atoms. The lowest BCUT2D eigenvalue weighted by molar-refractivity contribution is -0.145. The molecule has 160 valence electrons. The maximum Gasteiger partial charge on any atom is 0.328 e. The zero-order chi connectivity index (χ0) is 21.9. The van der Waals surface area contributed by atoms with Crippen molar-refractivity contribution in [2.45, 2.75) is 38.3 Å². The molecule has 0 saturated heterocycles. The van der Waals surface area contributed by atoms with Gasteiger partial charge in [0.05, 0.1) is 20.3 Å². The van der Waals surface area contributed by atoms with Crippen LogP contribution < -0.4 is 15.4 Å². The molecule has 0 aliphatic heterocycles. The number of rotatable bonds is 10. The molecule has 0 aliphatic carbocycles. The van der Waals surface area contributed by atoms with Gasteiger partial charge in [0, 0.05) is 31.0 Å². The van der Waals surface area contributed by atoms with Crippen molar-refractivity contribution in [3.8, 4) is 5.88 Å². The van der Waals surface area contributed by atoms with Crippen molar-refractivity contribution in [1.82, 2.24) is 15.6 Å². The average molecular weight is 413 g/mol. The van der Waals surface area contributed by atoms with Gasteiger partial charge >= 0.3 is 5.97 Å². The standard InChI is InChI=1S/C22H27N3O5/c1-15(16-8-5-4-6-9-16)24-19(26)11-12-20(27)25-18(22(28)30-3)14-17-10-7-13-23-21(17)29-2/h4-10,13,15,18H,11-12,14H2,1-3H3,(H,24,26)(H,25,27)/t15-,18+/m1/s1.